The maximum absolute atomic E-state index is 7.23. The zero-order valence-corrected chi connectivity index (χ0v) is 8.48. The third kappa shape index (κ3) is 43.6. The molecule has 0 aliphatic heterocycles. The second-order valence-electron chi connectivity index (χ2n) is 0.268. The Morgan fingerprint density at radius 1 is 1.17 bits per heavy atom. The summed E-state index contributed by atoms with van der Waals surface area (Å²) >= 11 is 0. The van der Waals surface area contributed by atoms with Crippen molar-refractivity contribution in [2.75, 3.05) is 0 Å². The minimum absolute atomic E-state index is 0. The SMILES string of the molecule is OP(O)O.[H-].[H-].[Mg+2].[Zn]. The Labute approximate surface area is 68.6 Å². The average Bonchev–Trinajstić information content (AvgIpc) is 0.811. The third-order valence-corrected chi connectivity index (χ3v) is 0. The van der Waals surface area contributed by atoms with Crippen LogP contribution in [0.2, 0.25) is 0 Å². The van der Waals surface area contributed by atoms with Gasteiger partial charge in [-0.2, -0.15) is 0 Å². The molecule has 0 aromatic carbocycles. The second-order valence-corrected chi connectivity index (χ2v) is 0.805. The van der Waals surface area contributed by atoms with E-state index in [9.17, 15) is 0 Å². The molecule has 0 saturated carbocycles. The van der Waals surface area contributed by atoms with Gasteiger partial charge in [0.1, 0.15) is 0 Å². The second kappa shape index (κ2) is 9.85. The van der Waals surface area contributed by atoms with E-state index in [1.165, 1.54) is 0 Å². The van der Waals surface area contributed by atoms with Crippen LogP contribution in [0.15, 0.2) is 0 Å². The van der Waals surface area contributed by atoms with E-state index in [1.807, 2.05) is 0 Å². The summed E-state index contributed by atoms with van der Waals surface area (Å²) in [6, 6.07) is 0. The summed E-state index contributed by atoms with van der Waals surface area (Å²) < 4.78 is 0. The molecule has 0 radical (unpaired) electrons. The molecule has 0 saturated heterocycles. The normalized spacial score (nSPS) is 6.00. The van der Waals surface area contributed by atoms with Crippen LogP contribution in [0.25, 0.3) is 0 Å². The molecule has 0 amide bonds. The van der Waals surface area contributed by atoms with Crippen molar-refractivity contribution in [3.05, 3.63) is 0 Å². The quantitative estimate of drug-likeness (QED) is 0.327. The minimum atomic E-state index is -2.62. The van der Waals surface area contributed by atoms with Crippen molar-refractivity contribution in [2.24, 2.45) is 0 Å². The van der Waals surface area contributed by atoms with E-state index in [0.717, 1.165) is 0 Å². The van der Waals surface area contributed by atoms with E-state index in [-0.39, 0.29) is 45.4 Å². The monoisotopic (exact) mass is 172 g/mol. The maximum atomic E-state index is 7.23. The van der Waals surface area contributed by atoms with Gasteiger partial charge in [-0.1, -0.05) is 0 Å². The fraction of sp³-hybridized carbons (Fsp3) is 0. The van der Waals surface area contributed by atoms with Gasteiger partial charge in [-0.15, -0.1) is 0 Å². The molecule has 0 bridgehead atoms. The summed E-state index contributed by atoms with van der Waals surface area (Å²) in [6.07, 6.45) is 0. The first kappa shape index (κ1) is 15.6. The summed E-state index contributed by atoms with van der Waals surface area (Å²) in [6.45, 7) is 0. The predicted octanol–water partition coefficient (Wildman–Crippen LogP) is -0.968. The van der Waals surface area contributed by atoms with E-state index < -0.39 is 8.60 Å². The minimum Gasteiger partial charge on any atom is -1.00 e. The van der Waals surface area contributed by atoms with Gasteiger partial charge < -0.3 is 17.5 Å². The first-order chi connectivity index (χ1) is 1.73. The molecule has 0 heterocycles. The van der Waals surface area contributed by atoms with Crippen molar-refractivity contribution in [2.45, 2.75) is 0 Å². The first-order valence-corrected chi connectivity index (χ1v) is 1.80. The molecule has 0 aromatic heterocycles. The molecule has 6 heteroatoms. The standard InChI is InChI=1S/Mg.H3O3P.Zn.2H/c;1-4(2)3;;;/h;1-3H;;;/q+2;;;2*-1. The Hall–Kier alpha value is 1.70. The number of rotatable bonds is 0. The molecule has 3 N–H and O–H groups in total. The van der Waals surface area contributed by atoms with Crippen LogP contribution >= 0.6 is 8.60 Å². The van der Waals surface area contributed by atoms with Gasteiger partial charge in [-0.3, -0.25) is 0 Å². The van der Waals surface area contributed by atoms with Crippen molar-refractivity contribution in [1.82, 2.24) is 0 Å². The van der Waals surface area contributed by atoms with Crippen LogP contribution in [-0.2, 0) is 19.5 Å². The summed E-state index contributed by atoms with van der Waals surface area (Å²) in [5.41, 5.74) is 0. The van der Waals surface area contributed by atoms with Gasteiger partial charge in [-0.25, -0.2) is 0 Å². The summed E-state index contributed by atoms with van der Waals surface area (Å²) in [5.74, 6) is 0. The molecule has 0 fully saturated rings. The van der Waals surface area contributed by atoms with Crippen molar-refractivity contribution >= 4 is 31.7 Å². The van der Waals surface area contributed by atoms with Gasteiger partial charge in [0.05, 0.1) is 0 Å². The molecular weight excluding hydrogens is 169 g/mol. The molecule has 0 aliphatic carbocycles. The summed E-state index contributed by atoms with van der Waals surface area (Å²) in [7, 11) is -2.62. The van der Waals surface area contributed by atoms with Crippen molar-refractivity contribution in [3.63, 3.8) is 0 Å². The predicted molar refractivity (Wildman–Crippen MR) is 21.6 cm³/mol. The van der Waals surface area contributed by atoms with Crippen LogP contribution in [0.1, 0.15) is 2.85 Å². The molecule has 6 heavy (non-hydrogen) atoms. The van der Waals surface area contributed by atoms with Gasteiger partial charge in [0.25, 0.3) is 0 Å². The molecular formula is H5MgO3PZn. The maximum Gasteiger partial charge on any atom is 2.00 e. The number of hydrogen-bond acceptors (Lipinski definition) is 3. The van der Waals surface area contributed by atoms with Crippen molar-refractivity contribution in [1.29, 1.82) is 0 Å². The van der Waals surface area contributed by atoms with Crippen LogP contribution in [-0.4, -0.2) is 37.7 Å². The topological polar surface area (TPSA) is 60.7 Å². The van der Waals surface area contributed by atoms with E-state index in [4.69, 9.17) is 14.7 Å². The fourth-order valence-corrected chi connectivity index (χ4v) is 0. The molecule has 3 nitrogen and oxygen atoms in total. The summed E-state index contributed by atoms with van der Waals surface area (Å²) in [5, 5.41) is 0. The van der Waals surface area contributed by atoms with Crippen molar-refractivity contribution < 1.29 is 37.0 Å². The van der Waals surface area contributed by atoms with Crippen LogP contribution in [0.5, 0.6) is 0 Å². The Morgan fingerprint density at radius 3 is 1.17 bits per heavy atom. The molecule has 0 spiro atoms. The van der Waals surface area contributed by atoms with Crippen LogP contribution < -0.4 is 0 Å². The van der Waals surface area contributed by atoms with Crippen molar-refractivity contribution in [3.8, 4) is 0 Å². The Kier molecular flexibility index (Phi) is 25.7. The Bertz CT molecular complexity index is 22.0. The van der Waals surface area contributed by atoms with E-state index in [2.05, 4.69) is 0 Å². The summed E-state index contributed by atoms with van der Waals surface area (Å²) in [4.78, 5) is 21.7. The van der Waals surface area contributed by atoms with Gasteiger partial charge in [-0.05, 0) is 0 Å². The average molecular weight is 174 g/mol. The van der Waals surface area contributed by atoms with Gasteiger partial charge >= 0.3 is 31.7 Å². The van der Waals surface area contributed by atoms with Gasteiger partial charge in [0.15, 0.2) is 0 Å². The smallest absolute Gasteiger partial charge is 1.00 e. The van der Waals surface area contributed by atoms with Crippen LogP contribution in [0, 0.1) is 0 Å². The molecule has 0 aromatic rings. The Morgan fingerprint density at radius 2 is 1.17 bits per heavy atom. The molecule has 32 valence electrons. The molecule has 0 aliphatic rings. The van der Waals surface area contributed by atoms with Crippen LogP contribution in [0.3, 0.4) is 0 Å². The number of hydrogen-bond donors (Lipinski definition) is 3. The molecule has 0 rings (SSSR count). The molecule has 0 atom stereocenters. The third-order valence-electron chi connectivity index (χ3n) is 0. The molecule has 0 unspecified atom stereocenters. The van der Waals surface area contributed by atoms with E-state index in [0.29, 0.717) is 0 Å². The van der Waals surface area contributed by atoms with Gasteiger partial charge in [0.2, 0.25) is 0 Å². The fourth-order valence-electron chi connectivity index (χ4n) is 0. The zero-order valence-electron chi connectivity index (χ0n) is 5.20. The van der Waals surface area contributed by atoms with Crippen LogP contribution in [0.4, 0.5) is 0 Å². The zero-order chi connectivity index (χ0) is 3.58. The first-order valence-electron chi connectivity index (χ1n) is 0.600. The largest absolute Gasteiger partial charge is 2.00 e. The van der Waals surface area contributed by atoms with Gasteiger partial charge in [0, 0.05) is 19.5 Å². The van der Waals surface area contributed by atoms with E-state index >= 15 is 0 Å². The Balaban J connectivity index is -0.00000000750. The van der Waals surface area contributed by atoms with E-state index in [1.54, 1.807) is 0 Å².